The molecule has 112 valence electrons. The summed E-state index contributed by atoms with van der Waals surface area (Å²) < 4.78 is 5.22. The molecule has 1 aromatic carbocycles. The second-order valence-electron chi connectivity index (χ2n) is 4.98. The van der Waals surface area contributed by atoms with Crippen molar-refractivity contribution in [1.29, 1.82) is 0 Å². The van der Waals surface area contributed by atoms with E-state index < -0.39 is 10.7 Å². The van der Waals surface area contributed by atoms with E-state index in [2.05, 4.69) is 0 Å². The van der Waals surface area contributed by atoms with Crippen LogP contribution in [0.2, 0.25) is 0 Å². The number of methoxy groups -OCH3 is 1. The minimum Gasteiger partial charge on any atom is -0.497 e. The number of amides is 2. The summed E-state index contributed by atoms with van der Waals surface area (Å²) in [5, 5.41) is -0.887. The topological polar surface area (TPSA) is 49.9 Å². The van der Waals surface area contributed by atoms with Crippen LogP contribution in [0.25, 0.3) is 0 Å². The van der Waals surface area contributed by atoms with Crippen LogP contribution >= 0.6 is 23.5 Å². The van der Waals surface area contributed by atoms with Gasteiger partial charge >= 0.3 is 0 Å². The normalized spacial score (nSPS) is 28.8. The smallest absolute Gasteiger partial charge is 0.256 e. The predicted octanol–water partition coefficient (Wildman–Crippen LogP) is 1.76. The summed E-state index contributed by atoms with van der Waals surface area (Å²) in [6, 6.07) is 7.78. The lowest BCUT2D eigenvalue weighted by Gasteiger charge is -2.37. The number of rotatable bonds is 2. The van der Waals surface area contributed by atoms with Gasteiger partial charge in [-0.05, 0) is 17.7 Å². The first kappa shape index (κ1) is 14.6. The number of thioether (sulfide) groups is 2. The largest absolute Gasteiger partial charge is 0.497 e. The fourth-order valence-electron chi connectivity index (χ4n) is 2.39. The molecule has 3 saturated heterocycles. The van der Waals surface area contributed by atoms with Gasteiger partial charge in [0.2, 0.25) is 0 Å². The lowest BCUT2D eigenvalue weighted by atomic mass is 10.2. The van der Waals surface area contributed by atoms with E-state index in [4.69, 9.17) is 4.74 Å². The third kappa shape index (κ3) is 2.38. The van der Waals surface area contributed by atoms with E-state index in [-0.39, 0.29) is 16.4 Å². The van der Waals surface area contributed by atoms with Crippen molar-refractivity contribution in [2.45, 2.75) is 15.3 Å². The molecule has 3 aliphatic rings. The van der Waals surface area contributed by atoms with E-state index >= 15 is 0 Å². The fourth-order valence-corrected chi connectivity index (χ4v) is 5.52. The van der Waals surface area contributed by atoms with Crippen molar-refractivity contribution in [3.8, 4) is 5.75 Å². The predicted molar refractivity (Wildman–Crippen MR) is 84.0 cm³/mol. The number of carbonyl (C=O) groups excluding carboxylic acids is 2. The lowest BCUT2D eigenvalue weighted by molar-refractivity contribution is -0.150. The standard InChI is InChI=1S/C14H16N2O3S2/c1-15-10(17)13-16(2)11(18)12(15)20-14(21-13)8-4-6-9(19-3)7-5-8/h4-7,12-14H,1-3H3/t12-,13-/m0/s1. The van der Waals surface area contributed by atoms with Gasteiger partial charge in [-0.3, -0.25) is 9.59 Å². The summed E-state index contributed by atoms with van der Waals surface area (Å²) >= 11 is 3.04. The second kappa shape index (κ2) is 5.46. The van der Waals surface area contributed by atoms with Crippen molar-refractivity contribution in [3.05, 3.63) is 29.8 Å². The Bertz CT molecular complexity index is 550. The van der Waals surface area contributed by atoms with E-state index in [1.165, 1.54) is 23.5 Å². The Morgan fingerprint density at radius 2 is 1.43 bits per heavy atom. The Kier molecular flexibility index (Phi) is 3.79. The number of piperazine rings is 1. The molecule has 3 heterocycles. The first-order valence-electron chi connectivity index (χ1n) is 6.51. The maximum Gasteiger partial charge on any atom is 0.256 e. The van der Waals surface area contributed by atoms with Gasteiger partial charge in [0.25, 0.3) is 11.8 Å². The molecule has 0 radical (unpaired) electrons. The van der Waals surface area contributed by atoms with Gasteiger partial charge in [-0.2, -0.15) is 0 Å². The van der Waals surface area contributed by atoms with Crippen LogP contribution in [-0.4, -0.2) is 53.6 Å². The van der Waals surface area contributed by atoms with Crippen LogP contribution in [0.5, 0.6) is 5.75 Å². The highest BCUT2D eigenvalue weighted by Crippen LogP contribution is 2.51. The number of nitrogens with zero attached hydrogens (tertiary/aromatic N) is 2. The highest BCUT2D eigenvalue weighted by molar-refractivity contribution is 8.17. The monoisotopic (exact) mass is 324 g/mol. The van der Waals surface area contributed by atoms with E-state index in [1.807, 2.05) is 24.3 Å². The molecule has 0 N–H and O–H groups in total. The molecule has 1 aromatic rings. The molecular weight excluding hydrogens is 308 g/mol. The number of ether oxygens (including phenoxy) is 1. The summed E-state index contributed by atoms with van der Waals surface area (Å²) in [5.74, 6) is 0.790. The molecule has 2 atom stereocenters. The first-order chi connectivity index (χ1) is 10.0. The van der Waals surface area contributed by atoms with Gasteiger partial charge in [-0.1, -0.05) is 12.1 Å². The average molecular weight is 324 g/mol. The highest BCUT2D eigenvalue weighted by Gasteiger charge is 2.49. The molecule has 0 aromatic heterocycles. The van der Waals surface area contributed by atoms with Crippen molar-refractivity contribution in [2.75, 3.05) is 21.2 Å². The Morgan fingerprint density at radius 3 is 1.86 bits per heavy atom. The second-order valence-corrected chi connectivity index (χ2v) is 7.66. The molecule has 2 amide bonds. The molecule has 7 heteroatoms. The molecule has 0 spiro atoms. The maximum absolute atomic E-state index is 12.3. The first-order valence-corrected chi connectivity index (χ1v) is 8.39. The van der Waals surface area contributed by atoms with Gasteiger partial charge in [-0.15, -0.1) is 23.5 Å². The van der Waals surface area contributed by atoms with Gasteiger partial charge in [0.1, 0.15) is 5.75 Å². The Hall–Kier alpha value is -1.34. The fraction of sp³-hybridized carbons (Fsp3) is 0.429. The highest BCUT2D eigenvalue weighted by atomic mass is 32.2. The van der Waals surface area contributed by atoms with E-state index in [9.17, 15) is 9.59 Å². The molecule has 0 saturated carbocycles. The van der Waals surface area contributed by atoms with Crippen LogP contribution < -0.4 is 4.74 Å². The Morgan fingerprint density at radius 1 is 0.952 bits per heavy atom. The lowest BCUT2D eigenvalue weighted by Crippen LogP contribution is -2.58. The number of fused-ring (bicyclic) bond motifs is 4. The number of hydrogen-bond acceptors (Lipinski definition) is 5. The quantitative estimate of drug-likeness (QED) is 0.830. The minimum atomic E-state index is -0.444. The third-order valence-electron chi connectivity index (χ3n) is 3.71. The van der Waals surface area contributed by atoms with Crippen LogP contribution in [0.3, 0.4) is 0 Å². The van der Waals surface area contributed by atoms with Gasteiger partial charge in [0, 0.05) is 14.1 Å². The molecule has 0 aliphatic carbocycles. The van der Waals surface area contributed by atoms with E-state index in [0.29, 0.717) is 0 Å². The number of hydrogen-bond donors (Lipinski definition) is 0. The van der Waals surface area contributed by atoms with Gasteiger partial charge in [0.15, 0.2) is 10.7 Å². The van der Waals surface area contributed by atoms with E-state index in [1.54, 1.807) is 31.0 Å². The molecular formula is C14H16N2O3S2. The zero-order valence-electron chi connectivity index (χ0n) is 12.0. The summed E-state index contributed by atoms with van der Waals surface area (Å²) in [6.45, 7) is 0. The molecule has 3 aliphatic heterocycles. The summed E-state index contributed by atoms with van der Waals surface area (Å²) in [5.41, 5.74) is 1.09. The molecule has 2 bridgehead atoms. The Balaban J connectivity index is 1.92. The van der Waals surface area contributed by atoms with Crippen LogP contribution in [0.15, 0.2) is 24.3 Å². The number of carbonyl (C=O) groups is 2. The number of benzene rings is 1. The zero-order valence-corrected chi connectivity index (χ0v) is 13.6. The van der Waals surface area contributed by atoms with E-state index in [0.717, 1.165) is 11.3 Å². The van der Waals surface area contributed by atoms with Gasteiger partial charge in [-0.25, -0.2) is 0 Å². The maximum atomic E-state index is 12.3. The summed E-state index contributed by atoms with van der Waals surface area (Å²) in [7, 11) is 5.04. The van der Waals surface area contributed by atoms with Crippen molar-refractivity contribution in [1.82, 2.24) is 9.80 Å². The van der Waals surface area contributed by atoms with Crippen LogP contribution in [0, 0.1) is 0 Å². The van der Waals surface area contributed by atoms with Gasteiger partial charge in [0.05, 0.1) is 11.7 Å². The average Bonchev–Trinajstić information content (AvgIpc) is 2.72. The van der Waals surface area contributed by atoms with Crippen LogP contribution in [-0.2, 0) is 9.59 Å². The van der Waals surface area contributed by atoms with Crippen LogP contribution in [0.1, 0.15) is 10.1 Å². The summed E-state index contributed by atoms with van der Waals surface area (Å²) in [6.07, 6.45) is 0. The van der Waals surface area contributed by atoms with Crippen LogP contribution in [0.4, 0.5) is 0 Å². The van der Waals surface area contributed by atoms with Crippen molar-refractivity contribution in [3.63, 3.8) is 0 Å². The van der Waals surface area contributed by atoms with Crippen molar-refractivity contribution < 1.29 is 14.3 Å². The minimum absolute atomic E-state index is 0.00406. The zero-order chi connectivity index (χ0) is 15.1. The molecule has 4 rings (SSSR count). The Labute approximate surface area is 132 Å². The molecule has 21 heavy (non-hydrogen) atoms. The molecule has 3 fully saturated rings. The third-order valence-corrected chi connectivity index (χ3v) is 6.97. The van der Waals surface area contributed by atoms with Crippen molar-refractivity contribution >= 4 is 35.3 Å². The van der Waals surface area contributed by atoms with Crippen molar-refractivity contribution in [2.24, 2.45) is 0 Å². The number of likely N-dealkylation sites (N-methyl/N-ethyl adjacent to an activating group) is 2. The van der Waals surface area contributed by atoms with Gasteiger partial charge < -0.3 is 14.5 Å². The molecule has 5 nitrogen and oxygen atoms in total. The SMILES string of the molecule is COc1ccc(C2S[C@H]3C(=O)N(C)[C@@H](S2)C(=O)N3C)cc1. The summed E-state index contributed by atoms with van der Waals surface area (Å²) in [4.78, 5) is 27.8. The molecule has 0 unspecified atom stereocenters.